The summed E-state index contributed by atoms with van der Waals surface area (Å²) in [7, 11) is 0. The van der Waals surface area contributed by atoms with Gasteiger partial charge in [-0.15, -0.1) is 0 Å². The van der Waals surface area contributed by atoms with Crippen molar-refractivity contribution in [2.45, 2.75) is 53.6 Å². The maximum atomic E-state index is 6.37. The molecule has 0 aliphatic carbocycles. The van der Waals surface area contributed by atoms with Gasteiger partial charge >= 0.3 is 0 Å². The molecule has 4 nitrogen and oxygen atoms in total. The molecule has 1 unspecified atom stereocenters. The summed E-state index contributed by atoms with van der Waals surface area (Å²) >= 11 is 0. The molecule has 0 aliphatic heterocycles. The van der Waals surface area contributed by atoms with E-state index in [4.69, 9.17) is 10.2 Å². The second-order valence-corrected chi connectivity index (χ2v) is 5.16. The van der Waals surface area contributed by atoms with Crippen LogP contribution in [0.2, 0.25) is 0 Å². The van der Waals surface area contributed by atoms with E-state index in [1.165, 1.54) is 11.3 Å². The van der Waals surface area contributed by atoms with E-state index in [0.29, 0.717) is 0 Å². The molecular weight excluding hydrogens is 238 g/mol. The van der Waals surface area contributed by atoms with Crippen molar-refractivity contribution in [2.24, 2.45) is 5.73 Å². The minimum Gasteiger partial charge on any atom is -0.466 e. The van der Waals surface area contributed by atoms with Crippen LogP contribution in [0.3, 0.4) is 0 Å². The van der Waals surface area contributed by atoms with Gasteiger partial charge in [-0.05, 0) is 46.2 Å². The van der Waals surface area contributed by atoms with E-state index in [9.17, 15) is 0 Å². The first-order valence-electron chi connectivity index (χ1n) is 6.79. The van der Waals surface area contributed by atoms with Gasteiger partial charge in [0.15, 0.2) is 0 Å². The third kappa shape index (κ3) is 2.59. The number of nitrogens with two attached hydrogens (primary N) is 1. The zero-order chi connectivity index (χ0) is 14.2. The molecule has 2 rings (SSSR count). The molecule has 0 saturated heterocycles. The van der Waals surface area contributed by atoms with E-state index >= 15 is 0 Å². The van der Waals surface area contributed by atoms with Gasteiger partial charge in [0, 0.05) is 30.3 Å². The first kappa shape index (κ1) is 13.9. The molecule has 2 N–H and O–H groups in total. The highest BCUT2D eigenvalue weighted by atomic mass is 16.3. The lowest BCUT2D eigenvalue weighted by atomic mass is 9.99. The normalized spacial score (nSPS) is 12.9. The predicted molar refractivity (Wildman–Crippen MR) is 76.2 cm³/mol. The van der Waals surface area contributed by atoms with Crippen LogP contribution in [0.5, 0.6) is 0 Å². The molecule has 0 aromatic carbocycles. The summed E-state index contributed by atoms with van der Waals surface area (Å²) in [6, 6.07) is 2.07. The molecule has 104 valence electrons. The van der Waals surface area contributed by atoms with Crippen molar-refractivity contribution in [3.05, 3.63) is 40.1 Å². The van der Waals surface area contributed by atoms with Gasteiger partial charge in [-0.1, -0.05) is 0 Å². The first-order valence-corrected chi connectivity index (χ1v) is 6.79. The van der Waals surface area contributed by atoms with Crippen molar-refractivity contribution in [3.63, 3.8) is 0 Å². The summed E-state index contributed by atoms with van der Waals surface area (Å²) in [5.41, 5.74) is 10.9. The molecule has 19 heavy (non-hydrogen) atoms. The van der Waals surface area contributed by atoms with Gasteiger partial charge in [-0.3, -0.25) is 4.68 Å². The molecule has 0 bridgehead atoms. The van der Waals surface area contributed by atoms with Gasteiger partial charge in [0.25, 0.3) is 0 Å². The molecule has 2 aromatic rings. The Hall–Kier alpha value is -1.55. The van der Waals surface area contributed by atoms with Crippen molar-refractivity contribution in [3.8, 4) is 0 Å². The van der Waals surface area contributed by atoms with Gasteiger partial charge in [0.05, 0.1) is 5.69 Å². The molecule has 4 heteroatoms. The van der Waals surface area contributed by atoms with Crippen LogP contribution in [0.25, 0.3) is 0 Å². The second-order valence-electron chi connectivity index (χ2n) is 5.16. The molecule has 2 aromatic heterocycles. The first-order chi connectivity index (χ1) is 8.93. The highest BCUT2D eigenvalue weighted by molar-refractivity contribution is 5.34. The van der Waals surface area contributed by atoms with Crippen molar-refractivity contribution in [1.29, 1.82) is 0 Å². The Kier molecular flexibility index (Phi) is 3.80. The quantitative estimate of drug-likeness (QED) is 0.920. The maximum Gasteiger partial charge on any atom is 0.106 e. The molecule has 1 atom stereocenters. The second kappa shape index (κ2) is 5.21. The lowest BCUT2D eigenvalue weighted by molar-refractivity contribution is 0.494. The van der Waals surface area contributed by atoms with E-state index in [0.717, 1.165) is 35.7 Å². The summed E-state index contributed by atoms with van der Waals surface area (Å²) < 4.78 is 7.68. The monoisotopic (exact) mass is 261 g/mol. The third-order valence-corrected chi connectivity index (χ3v) is 3.70. The van der Waals surface area contributed by atoms with E-state index in [1.807, 2.05) is 25.5 Å². The Bertz CT molecular complexity index is 580. The lowest BCUT2D eigenvalue weighted by Gasteiger charge is -2.13. The SMILES string of the molecule is CCn1nc(C)cc1CC(N)c1c(C)oc(C)c1C. The molecular formula is C15H23N3O. The third-order valence-electron chi connectivity index (χ3n) is 3.70. The van der Waals surface area contributed by atoms with Crippen LogP contribution in [-0.4, -0.2) is 9.78 Å². The van der Waals surface area contributed by atoms with E-state index in [-0.39, 0.29) is 6.04 Å². The molecule has 0 radical (unpaired) electrons. The van der Waals surface area contributed by atoms with Crippen LogP contribution >= 0.6 is 0 Å². The van der Waals surface area contributed by atoms with Gasteiger partial charge in [-0.25, -0.2) is 0 Å². The van der Waals surface area contributed by atoms with Crippen LogP contribution < -0.4 is 5.73 Å². The number of hydrogen-bond donors (Lipinski definition) is 1. The zero-order valence-electron chi connectivity index (χ0n) is 12.4. The van der Waals surface area contributed by atoms with E-state index in [1.54, 1.807) is 0 Å². The topological polar surface area (TPSA) is 57.0 Å². The zero-order valence-corrected chi connectivity index (χ0v) is 12.4. The lowest BCUT2D eigenvalue weighted by Crippen LogP contribution is -2.17. The molecule has 0 amide bonds. The summed E-state index contributed by atoms with van der Waals surface area (Å²) in [5.74, 6) is 1.89. The number of furan rings is 1. The van der Waals surface area contributed by atoms with Crippen LogP contribution in [0, 0.1) is 27.7 Å². The van der Waals surface area contributed by atoms with Crippen LogP contribution in [0.15, 0.2) is 10.5 Å². The largest absolute Gasteiger partial charge is 0.466 e. The number of aromatic nitrogens is 2. The molecule has 0 saturated carbocycles. The number of hydrogen-bond acceptors (Lipinski definition) is 3. The van der Waals surface area contributed by atoms with E-state index in [2.05, 4.69) is 25.0 Å². The van der Waals surface area contributed by atoms with Gasteiger partial charge < -0.3 is 10.2 Å². The van der Waals surface area contributed by atoms with Gasteiger partial charge in [0.1, 0.15) is 11.5 Å². The standard InChI is InChI=1S/C15H23N3O/c1-6-18-13(7-9(2)17-18)8-14(16)15-10(3)11(4)19-12(15)5/h7,14H,6,8,16H2,1-5H3. The fourth-order valence-corrected chi connectivity index (χ4v) is 2.72. The number of nitrogens with zero attached hydrogens (tertiary/aromatic N) is 2. The Morgan fingerprint density at radius 1 is 1.26 bits per heavy atom. The maximum absolute atomic E-state index is 6.37. The van der Waals surface area contributed by atoms with Crippen molar-refractivity contribution < 1.29 is 4.42 Å². The molecule has 0 fully saturated rings. The fraction of sp³-hybridized carbons (Fsp3) is 0.533. The Labute approximate surface area is 114 Å². The van der Waals surface area contributed by atoms with Crippen molar-refractivity contribution in [1.82, 2.24) is 9.78 Å². The molecule has 0 spiro atoms. The fourth-order valence-electron chi connectivity index (χ4n) is 2.72. The molecule has 0 aliphatic rings. The number of aryl methyl sites for hydroxylation is 4. The molecule has 2 heterocycles. The summed E-state index contributed by atoms with van der Waals surface area (Å²) in [6.45, 7) is 11.0. The highest BCUT2D eigenvalue weighted by Gasteiger charge is 2.19. The number of rotatable bonds is 4. The van der Waals surface area contributed by atoms with Crippen molar-refractivity contribution >= 4 is 0 Å². The highest BCUT2D eigenvalue weighted by Crippen LogP contribution is 2.27. The smallest absolute Gasteiger partial charge is 0.106 e. The van der Waals surface area contributed by atoms with Gasteiger partial charge in [-0.2, -0.15) is 5.10 Å². The minimum atomic E-state index is -0.0427. The Morgan fingerprint density at radius 2 is 1.95 bits per heavy atom. The van der Waals surface area contributed by atoms with Crippen molar-refractivity contribution in [2.75, 3.05) is 0 Å². The minimum absolute atomic E-state index is 0.0427. The average Bonchev–Trinajstić information content (AvgIpc) is 2.80. The van der Waals surface area contributed by atoms with Gasteiger partial charge in [0.2, 0.25) is 0 Å². The Balaban J connectivity index is 2.27. The van der Waals surface area contributed by atoms with Crippen LogP contribution in [-0.2, 0) is 13.0 Å². The Morgan fingerprint density at radius 3 is 2.47 bits per heavy atom. The average molecular weight is 261 g/mol. The van der Waals surface area contributed by atoms with Crippen LogP contribution in [0.4, 0.5) is 0 Å². The summed E-state index contributed by atoms with van der Waals surface area (Å²) in [4.78, 5) is 0. The summed E-state index contributed by atoms with van der Waals surface area (Å²) in [6.07, 6.45) is 0.787. The van der Waals surface area contributed by atoms with E-state index < -0.39 is 0 Å². The summed E-state index contributed by atoms with van der Waals surface area (Å²) in [5, 5.41) is 4.46. The van der Waals surface area contributed by atoms with Crippen LogP contribution in [0.1, 0.15) is 47.0 Å². The predicted octanol–water partition coefficient (Wildman–Crippen LogP) is 2.97.